The summed E-state index contributed by atoms with van der Waals surface area (Å²) in [4.78, 5) is 23.2. The van der Waals surface area contributed by atoms with Crippen LogP contribution in [0.1, 0.15) is 34.0 Å². The Morgan fingerprint density at radius 3 is 2.77 bits per heavy atom. The molecule has 1 atom stereocenters. The van der Waals surface area contributed by atoms with Crippen molar-refractivity contribution in [3.8, 4) is 0 Å². The van der Waals surface area contributed by atoms with Gasteiger partial charge in [-0.3, -0.25) is 4.98 Å². The van der Waals surface area contributed by atoms with Gasteiger partial charge in [-0.2, -0.15) is 0 Å². The van der Waals surface area contributed by atoms with Crippen molar-refractivity contribution in [3.63, 3.8) is 0 Å². The highest BCUT2D eigenvalue weighted by Gasteiger charge is 2.34. The molecule has 5 rings (SSSR count). The van der Waals surface area contributed by atoms with Crippen molar-refractivity contribution in [2.45, 2.75) is 26.3 Å². The third-order valence-electron chi connectivity index (χ3n) is 6.05. The van der Waals surface area contributed by atoms with Gasteiger partial charge in [0.1, 0.15) is 6.04 Å². The van der Waals surface area contributed by atoms with Crippen LogP contribution >= 0.6 is 0 Å². The molecule has 2 amide bonds. The molecular weight excluding hydrogens is 372 g/mol. The van der Waals surface area contributed by atoms with Gasteiger partial charge >= 0.3 is 6.03 Å². The van der Waals surface area contributed by atoms with Crippen molar-refractivity contribution in [2.75, 3.05) is 11.9 Å². The number of hydrogen-bond donors (Lipinski definition) is 2. The number of H-pyrrole nitrogens is 1. The zero-order valence-electron chi connectivity index (χ0n) is 17.1. The van der Waals surface area contributed by atoms with E-state index >= 15 is 0 Å². The highest BCUT2D eigenvalue weighted by molar-refractivity contribution is 5.91. The summed E-state index contributed by atoms with van der Waals surface area (Å²) in [6, 6.07) is 18.0. The smallest absolute Gasteiger partial charge is 0.322 e. The summed E-state index contributed by atoms with van der Waals surface area (Å²) in [7, 11) is 0. The zero-order valence-corrected chi connectivity index (χ0v) is 17.1. The SMILES string of the molecule is Cc1ccc(NC(=O)N2CCc3c([nH]c4ccccc34)C2c2cccnc2)cc1C. The summed E-state index contributed by atoms with van der Waals surface area (Å²) in [6.07, 6.45) is 4.43. The van der Waals surface area contributed by atoms with Crippen molar-refractivity contribution in [2.24, 2.45) is 0 Å². The molecule has 0 aliphatic carbocycles. The molecule has 4 aromatic rings. The van der Waals surface area contributed by atoms with Gasteiger partial charge in [0.2, 0.25) is 0 Å². The highest BCUT2D eigenvalue weighted by Crippen LogP contribution is 2.38. The van der Waals surface area contributed by atoms with E-state index in [1.54, 1.807) is 6.20 Å². The van der Waals surface area contributed by atoms with Crippen LogP contribution in [0, 0.1) is 13.8 Å². The summed E-state index contributed by atoms with van der Waals surface area (Å²) in [5.41, 5.74) is 7.65. The van der Waals surface area contributed by atoms with Crippen molar-refractivity contribution in [3.05, 3.63) is 94.9 Å². The van der Waals surface area contributed by atoms with Gasteiger partial charge in [0.15, 0.2) is 0 Å². The lowest BCUT2D eigenvalue weighted by molar-refractivity contribution is 0.193. The van der Waals surface area contributed by atoms with Crippen LogP contribution in [0.4, 0.5) is 10.5 Å². The number of nitrogens with zero attached hydrogens (tertiary/aromatic N) is 2. The molecular formula is C25H24N4O. The largest absolute Gasteiger partial charge is 0.356 e. The Morgan fingerprint density at radius 1 is 1.10 bits per heavy atom. The second kappa shape index (κ2) is 7.34. The second-order valence-electron chi connectivity index (χ2n) is 7.92. The van der Waals surface area contributed by atoms with E-state index in [0.29, 0.717) is 6.54 Å². The predicted octanol–water partition coefficient (Wildman–Crippen LogP) is 5.36. The third-order valence-corrected chi connectivity index (χ3v) is 6.05. The van der Waals surface area contributed by atoms with Gasteiger partial charge < -0.3 is 15.2 Å². The lowest BCUT2D eigenvalue weighted by Crippen LogP contribution is -2.43. The summed E-state index contributed by atoms with van der Waals surface area (Å²) in [5, 5.41) is 4.33. The van der Waals surface area contributed by atoms with Crippen molar-refractivity contribution in [1.29, 1.82) is 0 Å². The molecule has 5 nitrogen and oxygen atoms in total. The molecule has 2 aromatic heterocycles. The fraction of sp³-hybridized carbons (Fsp3) is 0.200. The lowest BCUT2D eigenvalue weighted by Gasteiger charge is -2.36. The molecule has 150 valence electrons. The minimum atomic E-state index is -0.207. The van der Waals surface area contributed by atoms with Crippen LogP contribution in [0.25, 0.3) is 10.9 Å². The van der Waals surface area contributed by atoms with Crippen LogP contribution in [0.15, 0.2) is 67.0 Å². The Kier molecular flexibility index (Phi) is 4.51. The number of pyridine rings is 1. The number of carbonyl (C=O) groups is 1. The number of carbonyl (C=O) groups excluding carboxylic acids is 1. The van der Waals surface area contributed by atoms with Gasteiger partial charge in [-0.1, -0.05) is 30.3 Å². The van der Waals surface area contributed by atoms with Crippen molar-refractivity contribution >= 4 is 22.6 Å². The molecule has 0 saturated heterocycles. The minimum absolute atomic E-state index is 0.101. The number of aryl methyl sites for hydroxylation is 2. The Hall–Kier alpha value is -3.60. The van der Waals surface area contributed by atoms with E-state index in [2.05, 4.69) is 47.3 Å². The molecule has 5 heteroatoms. The Labute approximate surface area is 175 Å². The van der Waals surface area contributed by atoms with Gasteiger partial charge in [0.05, 0.1) is 0 Å². The predicted molar refractivity (Wildman–Crippen MR) is 120 cm³/mol. The number of amides is 2. The number of urea groups is 1. The van der Waals surface area contributed by atoms with E-state index in [1.807, 2.05) is 47.5 Å². The number of para-hydroxylation sites is 1. The number of benzene rings is 2. The molecule has 0 fully saturated rings. The number of aromatic amines is 1. The van der Waals surface area contributed by atoms with E-state index in [1.165, 1.54) is 16.5 Å². The van der Waals surface area contributed by atoms with E-state index < -0.39 is 0 Å². The Bertz CT molecular complexity index is 1230. The summed E-state index contributed by atoms with van der Waals surface area (Å²) in [5.74, 6) is 0. The minimum Gasteiger partial charge on any atom is -0.356 e. The van der Waals surface area contributed by atoms with Gasteiger partial charge in [0.25, 0.3) is 0 Å². The average molecular weight is 396 g/mol. The van der Waals surface area contributed by atoms with Crippen molar-refractivity contribution in [1.82, 2.24) is 14.9 Å². The van der Waals surface area contributed by atoms with E-state index in [4.69, 9.17) is 0 Å². The molecule has 1 aliphatic heterocycles. The first-order valence-electron chi connectivity index (χ1n) is 10.3. The standard InChI is InChI=1S/C25H24N4O/c1-16-9-10-19(14-17(16)2)27-25(30)29-13-11-21-20-7-3-4-8-22(20)28-23(21)24(29)18-6-5-12-26-15-18/h3-10,12,14-15,24,28H,11,13H2,1-2H3,(H,27,30). The molecule has 1 aliphatic rings. The topological polar surface area (TPSA) is 61.0 Å². The summed E-state index contributed by atoms with van der Waals surface area (Å²) < 4.78 is 0. The maximum Gasteiger partial charge on any atom is 0.322 e. The molecule has 0 radical (unpaired) electrons. The maximum atomic E-state index is 13.4. The second-order valence-corrected chi connectivity index (χ2v) is 7.92. The molecule has 0 saturated carbocycles. The Morgan fingerprint density at radius 2 is 1.97 bits per heavy atom. The zero-order chi connectivity index (χ0) is 20.7. The number of anilines is 1. The monoisotopic (exact) mass is 396 g/mol. The molecule has 30 heavy (non-hydrogen) atoms. The van der Waals surface area contributed by atoms with E-state index in [0.717, 1.165) is 34.4 Å². The number of nitrogens with one attached hydrogen (secondary N) is 2. The fourth-order valence-electron chi connectivity index (χ4n) is 4.36. The molecule has 2 aromatic carbocycles. The van der Waals surface area contributed by atoms with Crippen LogP contribution in [-0.2, 0) is 6.42 Å². The van der Waals surface area contributed by atoms with Gasteiger partial charge in [-0.05, 0) is 66.8 Å². The maximum absolute atomic E-state index is 13.4. The highest BCUT2D eigenvalue weighted by atomic mass is 16.2. The van der Waals surface area contributed by atoms with E-state index in [9.17, 15) is 4.79 Å². The number of hydrogen-bond acceptors (Lipinski definition) is 2. The first kappa shape index (κ1) is 18.4. The molecule has 2 N–H and O–H groups in total. The lowest BCUT2D eigenvalue weighted by atomic mass is 9.93. The Balaban J connectivity index is 1.55. The first-order valence-corrected chi connectivity index (χ1v) is 10.3. The van der Waals surface area contributed by atoms with E-state index in [-0.39, 0.29) is 12.1 Å². The normalized spacial score (nSPS) is 15.8. The third kappa shape index (κ3) is 3.12. The first-order chi connectivity index (χ1) is 14.6. The quantitative estimate of drug-likeness (QED) is 0.479. The van der Waals surface area contributed by atoms with Crippen LogP contribution in [0.3, 0.4) is 0 Å². The molecule has 3 heterocycles. The number of rotatable bonds is 2. The van der Waals surface area contributed by atoms with Crippen LogP contribution in [0.5, 0.6) is 0 Å². The van der Waals surface area contributed by atoms with Crippen LogP contribution < -0.4 is 5.32 Å². The number of aromatic nitrogens is 2. The van der Waals surface area contributed by atoms with Crippen LogP contribution in [0.2, 0.25) is 0 Å². The van der Waals surface area contributed by atoms with Gasteiger partial charge in [-0.15, -0.1) is 0 Å². The molecule has 1 unspecified atom stereocenters. The molecule has 0 bridgehead atoms. The number of fused-ring (bicyclic) bond motifs is 3. The average Bonchev–Trinajstić information content (AvgIpc) is 3.15. The van der Waals surface area contributed by atoms with Gasteiger partial charge in [0, 0.05) is 41.2 Å². The van der Waals surface area contributed by atoms with Crippen LogP contribution in [-0.4, -0.2) is 27.4 Å². The molecule has 0 spiro atoms. The van der Waals surface area contributed by atoms with Crippen molar-refractivity contribution < 1.29 is 4.79 Å². The van der Waals surface area contributed by atoms with Gasteiger partial charge in [-0.25, -0.2) is 4.79 Å². The fourth-order valence-corrected chi connectivity index (χ4v) is 4.36. The summed E-state index contributed by atoms with van der Waals surface area (Å²) in [6.45, 7) is 4.77. The summed E-state index contributed by atoms with van der Waals surface area (Å²) >= 11 is 0.